The zero-order valence-electron chi connectivity index (χ0n) is 10.7. The first kappa shape index (κ1) is 12.9. The van der Waals surface area contributed by atoms with Crippen molar-refractivity contribution < 1.29 is 4.79 Å². The fourth-order valence-corrected chi connectivity index (χ4v) is 2.40. The number of amides is 1. The van der Waals surface area contributed by atoms with Crippen LogP contribution in [0.4, 0.5) is 11.6 Å². The summed E-state index contributed by atoms with van der Waals surface area (Å²) in [6.45, 7) is 1.14. The quantitative estimate of drug-likeness (QED) is 0.876. The van der Waals surface area contributed by atoms with E-state index in [0.717, 1.165) is 11.3 Å². The Bertz CT molecular complexity index is 647. The molecule has 6 heteroatoms. The first-order chi connectivity index (χ1) is 9.74. The third-order valence-corrected chi connectivity index (χ3v) is 3.38. The molecular formula is C14H13ClN4O. The van der Waals surface area contributed by atoms with E-state index >= 15 is 0 Å². The number of hydrogen-bond donors (Lipinski definition) is 1. The van der Waals surface area contributed by atoms with Crippen LogP contribution in [0.5, 0.6) is 0 Å². The SMILES string of the molecule is O=C1Cc2ccccc2N1CCNc1nccc(Cl)n1. The summed E-state index contributed by atoms with van der Waals surface area (Å²) in [6, 6.07) is 9.47. The van der Waals surface area contributed by atoms with E-state index in [2.05, 4.69) is 15.3 Å². The van der Waals surface area contributed by atoms with Crippen molar-refractivity contribution >= 4 is 29.1 Å². The molecule has 0 unspecified atom stereocenters. The smallest absolute Gasteiger partial charge is 0.231 e. The Morgan fingerprint density at radius 2 is 2.15 bits per heavy atom. The minimum Gasteiger partial charge on any atom is -0.352 e. The van der Waals surface area contributed by atoms with Crippen molar-refractivity contribution in [3.05, 3.63) is 47.2 Å². The van der Waals surface area contributed by atoms with Crippen LogP contribution in [0.3, 0.4) is 0 Å². The van der Waals surface area contributed by atoms with Gasteiger partial charge in [-0.05, 0) is 17.7 Å². The van der Waals surface area contributed by atoms with Crippen LogP contribution < -0.4 is 10.2 Å². The van der Waals surface area contributed by atoms with Crippen LogP contribution in [0.1, 0.15) is 5.56 Å². The van der Waals surface area contributed by atoms with Gasteiger partial charge in [0.2, 0.25) is 11.9 Å². The number of nitrogens with one attached hydrogen (secondary N) is 1. The molecule has 1 aromatic carbocycles. The Kier molecular flexibility index (Phi) is 3.52. The highest BCUT2D eigenvalue weighted by molar-refractivity contribution is 6.29. The van der Waals surface area contributed by atoms with Crippen molar-refractivity contribution in [2.75, 3.05) is 23.3 Å². The number of aromatic nitrogens is 2. The molecule has 1 amide bonds. The molecule has 0 fully saturated rings. The first-order valence-corrected chi connectivity index (χ1v) is 6.72. The number of anilines is 2. The molecule has 0 aliphatic carbocycles. The molecule has 5 nitrogen and oxygen atoms in total. The van der Waals surface area contributed by atoms with E-state index in [-0.39, 0.29) is 5.91 Å². The van der Waals surface area contributed by atoms with Crippen molar-refractivity contribution in [1.82, 2.24) is 9.97 Å². The number of rotatable bonds is 4. The van der Waals surface area contributed by atoms with Gasteiger partial charge in [0, 0.05) is 25.0 Å². The van der Waals surface area contributed by atoms with Crippen LogP contribution in [0, 0.1) is 0 Å². The van der Waals surface area contributed by atoms with Crippen LogP contribution in [0.25, 0.3) is 0 Å². The Balaban J connectivity index is 1.63. The number of halogens is 1. The van der Waals surface area contributed by atoms with Crippen LogP contribution in [-0.4, -0.2) is 29.0 Å². The van der Waals surface area contributed by atoms with Gasteiger partial charge in [0.1, 0.15) is 5.15 Å². The average Bonchev–Trinajstić information content (AvgIpc) is 2.75. The number of benzene rings is 1. The van der Waals surface area contributed by atoms with E-state index in [4.69, 9.17) is 11.6 Å². The maximum atomic E-state index is 12.0. The summed E-state index contributed by atoms with van der Waals surface area (Å²) in [7, 11) is 0. The molecule has 0 radical (unpaired) electrons. The zero-order valence-corrected chi connectivity index (χ0v) is 11.5. The average molecular weight is 289 g/mol. The van der Waals surface area contributed by atoms with Gasteiger partial charge < -0.3 is 10.2 Å². The van der Waals surface area contributed by atoms with Crippen LogP contribution >= 0.6 is 11.6 Å². The van der Waals surface area contributed by atoms with Gasteiger partial charge in [0.05, 0.1) is 6.42 Å². The lowest BCUT2D eigenvalue weighted by Gasteiger charge is -2.17. The molecular weight excluding hydrogens is 276 g/mol. The molecule has 3 rings (SSSR count). The highest BCUT2D eigenvalue weighted by Gasteiger charge is 2.25. The van der Waals surface area contributed by atoms with E-state index < -0.39 is 0 Å². The van der Waals surface area contributed by atoms with Gasteiger partial charge in [0.25, 0.3) is 0 Å². The molecule has 2 heterocycles. The van der Waals surface area contributed by atoms with Gasteiger partial charge in [-0.15, -0.1) is 0 Å². The third kappa shape index (κ3) is 2.58. The highest BCUT2D eigenvalue weighted by atomic mass is 35.5. The van der Waals surface area contributed by atoms with Crippen LogP contribution in [0.2, 0.25) is 5.15 Å². The highest BCUT2D eigenvalue weighted by Crippen LogP contribution is 2.27. The number of nitrogens with zero attached hydrogens (tertiary/aromatic N) is 3. The van der Waals surface area contributed by atoms with Gasteiger partial charge in [-0.1, -0.05) is 29.8 Å². The van der Waals surface area contributed by atoms with Crippen molar-refractivity contribution in [3.8, 4) is 0 Å². The van der Waals surface area contributed by atoms with Crippen molar-refractivity contribution in [2.24, 2.45) is 0 Å². The molecule has 0 atom stereocenters. The Morgan fingerprint density at radius 1 is 1.30 bits per heavy atom. The lowest BCUT2D eigenvalue weighted by Crippen LogP contribution is -2.32. The largest absolute Gasteiger partial charge is 0.352 e. The molecule has 0 saturated heterocycles. The normalized spacial score (nSPS) is 13.4. The van der Waals surface area contributed by atoms with Gasteiger partial charge in [0.15, 0.2) is 0 Å². The van der Waals surface area contributed by atoms with Crippen molar-refractivity contribution in [2.45, 2.75) is 6.42 Å². The van der Waals surface area contributed by atoms with Crippen LogP contribution in [-0.2, 0) is 11.2 Å². The number of hydrogen-bond acceptors (Lipinski definition) is 4. The van der Waals surface area contributed by atoms with Crippen LogP contribution in [0.15, 0.2) is 36.5 Å². The fraction of sp³-hybridized carbons (Fsp3) is 0.214. The standard InChI is InChI=1S/C14H13ClN4O/c15-12-5-6-16-14(18-12)17-7-8-19-11-4-2-1-3-10(11)9-13(19)20/h1-6H,7-9H2,(H,16,17,18). The van der Waals surface area contributed by atoms with E-state index in [1.807, 2.05) is 24.3 Å². The second-order valence-corrected chi connectivity index (χ2v) is 4.87. The van der Waals surface area contributed by atoms with Gasteiger partial charge in [-0.3, -0.25) is 4.79 Å². The molecule has 1 aliphatic heterocycles. The second kappa shape index (κ2) is 5.46. The van der Waals surface area contributed by atoms with Gasteiger partial charge in [-0.25, -0.2) is 9.97 Å². The summed E-state index contributed by atoms with van der Waals surface area (Å²) in [5.41, 5.74) is 2.07. The van der Waals surface area contributed by atoms with Gasteiger partial charge >= 0.3 is 0 Å². The molecule has 0 bridgehead atoms. The third-order valence-electron chi connectivity index (χ3n) is 3.17. The molecule has 2 aromatic rings. The molecule has 1 N–H and O–H groups in total. The van der Waals surface area contributed by atoms with E-state index in [1.165, 1.54) is 0 Å². The van der Waals surface area contributed by atoms with E-state index in [0.29, 0.717) is 30.6 Å². The summed E-state index contributed by atoms with van der Waals surface area (Å²) >= 11 is 5.79. The monoisotopic (exact) mass is 288 g/mol. The topological polar surface area (TPSA) is 58.1 Å². The van der Waals surface area contributed by atoms with Gasteiger partial charge in [-0.2, -0.15) is 0 Å². The lowest BCUT2D eigenvalue weighted by atomic mass is 10.2. The summed E-state index contributed by atoms with van der Waals surface area (Å²) in [6.07, 6.45) is 2.07. The molecule has 102 valence electrons. The van der Waals surface area contributed by atoms with E-state index in [1.54, 1.807) is 17.2 Å². The summed E-state index contributed by atoms with van der Waals surface area (Å²) in [5, 5.41) is 3.46. The molecule has 20 heavy (non-hydrogen) atoms. The molecule has 0 spiro atoms. The maximum Gasteiger partial charge on any atom is 0.231 e. The molecule has 1 aliphatic rings. The molecule has 0 saturated carbocycles. The second-order valence-electron chi connectivity index (χ2n) is 4.48. The van der Waals surface area contributed by atoms with E-state index in [9.17, 15) is 4.79 Å². The summed E-state index contributed by atoms with van der Waals surface area (Å²) in [5.74, 6) is 0.595. The predicted molar refractivity (Wildman–Crippen MR) is 78.0 cm³/mol. The summed E-state index contributed by atoms with van der Waals surface area (Å²) < 4.78 is 0. The minimum absolute atomic E-state index is 0.125. The minimum atomic E-state index is 0.125. The predicted octanol–water partition coefficient (Wildman–Crippen LogP) is 2.13. The first-order valence-electron chi connectivity index (χ1n) is 6.35. The Morgan fingerprint density at radius 3 is 3.00 bits per heavy atom. The Labute approximate surface area is 121 Å². The molecule has 1 aromatic heterocycles. The van der Waals surface area contributed by atoms with Crippen molar-refractivity contribution in [3.63, 3.8) is 0 Å². The number of para-hydroxylation sites is 1. The summed E-state index contributed by atoms with van der Waals surface area (Å²) in [4.78, 5) is 21.9. The zero-order chi connectivity index (χ0) is 13.9. The lowest BCUT2D eigenvalue weighted by molar-refractivity contribution is -0.117. The number of carbonyl (C=O) groups excluding carboxylic acids is 1. The number of carbonyl (C=O) groups is 1. The Hall–Kier alpha value is -2.14. The number of fused-ring (bicyclic) bond motifs is 1. The van der Waals surface area contributed by atoms with Crippen molar-refractivity contribution in [1.29, 1.82) is 0 Å². The fourth-order valence-electron chi connectivity index (χ4n) is 2.26. The maximum absolute atomic E-state index is 12.0.